The van der Waals surface area contributed by atoms with E-state index in [9.17, 15) is 20.0 Å². The SMILES string of the molecule is CC(=O)Nc1ccc(=O)n(C2c3cc(C#N)ccc3OC(C)(C)C2(C)O)c1. The number of hydrogen-bond acceptors (Lipinski definition) is 5. The fourth-order valence-electron chi connectivity index (χ4n) is 3.34. The number of anilines is 1. The average Bonchev–Trinajstić information content (AvgIpc) is 2.57. The quantitative estimate of drug-likeness (QED) is 0.847. The van der Waals surface area contributed by atoms with Gasteiger partial charge in [-0.1, -0.05) is 0 Å². The minimum Gasteiger partial charge on any atom is -0.484 e. The second-order valence-corrected chi connectivity index (χ2v) is 7.37. The van der Waals surface area contributed by atoms with Crippen molar-refractivity contribution in [3.63, 3.8) is 0 Å². The van der Waals surface area contributed by atoms with Crippen LogP contribution in [0.5, 0.6) is 5.75 Å². The van der Waals surface area contributed by atoms with Gasteiger partial charge in [-0.3, -0.25) is 9.59 Å². The molecule has 140 valence electrons. The molecule has 1 aromatic carbocycles. The molecule has 2 N–H and O–H groups in total. The lowest BCUT2D eigenvalue weighted by Crippen LogP contribution is -2.60. The summed E-state index contributed by atoms with van der Waals surface area (Å²) in [5.41, 5.74) is -1.49. The molecule has 0 spiro atoms. The van der Waals surface area contributed by atoms with E-state index in [0.717, 1.165) is 0 Å². The Hall–Kier alpha value is -3.11. The molecule has 0 saturated carbocycles. The second-order valence-electron chi connectivity index (χ2n) is 7.37. The molecule has 0 fully saturated rings. The third-order valence-electron chi connectivity index (χ3n) is 5.09. The Morgan fingerprint density at radius 1 is 1.30 bits per heavy atom. The summed E-state index contributed by atoms with van der Waals surface area (Å²) in [7, 11) is 0. The van der Waals surface area contributed by atoms with Crippen molar-refractivity contribution >= 4 is 11.6 Å². The van der Waals surface area contributed by atoms with Gasteiger partial charge in [0.1, 0.15) is 17.0 Å². The summed E-state index contributed by atoms with van der Waals surface area (Å²) < 4.78 is 7.35. The molecule has 27 heavy (non-hydrogen) atoms. The van der Waals surface area contributed by atoms with Crippen LogP contribution in [-0.4, -0.2) is 26.8 Å². The van der Waals surface area contributed by atoms with E-state index in [1.165, 1.54) is 29.8 Å². The van der Waals surface area contributed by atoms with Gasteiger partial charge in [0.15, 0.2) is 0 Å². The molecule has 0 radical (unpaired) electrons. The number of amides is 1. The molecule has 0 aliphatic carbocycles. The summed E-state index contributed by atoms with van der Waals surface area (Å²) in [4.78, 5) is 24.0. The molecule has 2 atom stereocenters. The Balaban J connectivity index is 2.29. The number of pyridine rings is 1. The van der Waals surface area contributed by atoms with E-state index >= 15 is 0 Å². The van der Waals surface area contributed by atoms with Crippen LogP contribution in [0.3, 0.4) is 0 Å². The molecule has 2 heterocycles. The number of hydrogen-bond donors (Lipinski definition) is 2. The van der Waals surface area contributed by atoms with Gasteiger partial charge in [-0.05, 0) is 45.0 Å². The first kappa shape index (κ1) is 18.7. The zero-order chi connectivity index (χ0) is 20.0. The third-order valence-corrected chi connectivity index (χ3v) is 5.09. The molecule has 7 nitrogen and oxygen atoms in total. The van der Waals surface area contributed by atoms with Gasteiger partial charge in [0.2, 0.25) is 5.91 Å². The summed E-state index contributed by atoms with van der Waals surface area (Å²) in [6.07, 6.45) is 1.49. The molecule has 1 aliphatic heterocycles. The van der Waals surface area contributed by atoms with Crippen LogP contribution in [0.15, 0.2) is 41.3 Å². The fourth-order valence-corrected chi connectivity index (χ4v) is 3.34. The highest BCUT2D eigenvalue weighted by Gasteiger charge is 2.53. The highest BCUT2D eigenvalue weighted by Crippen LogP contribution is 2.48. The minimum absolute atomic E-state index is 0.272. The number of fused-ring (bicyclic) bond motifs is 1. The van der Waals surface area contributed by atoms with Crippen molar-refractivity contribution in [1.29, 1.82) is 5.26 Å². The molecule has 2 unspecified atom stereocenters. The monoisotopic (exact) mass is 367 g/mol. The summed E-state index contributed by atoms with van der Waals surface area (Å²) in [6.45, 7) is 6.45. The molecule has 1 aromatic heterocycles. The number of carbonyl (C=O) groups is 1. The van der Waals surface area contributed by atoms with Crippen LogP contribution in [0.4, 0.5) is 5.69 Å². The second kappa shape index (κ2) is 6.25. The van der Waals surface area contributed by atoms with E-state index in [4.69, 9.17) is 4.74 Å². The van der Waals surface area contributed by atoms with E-state index in [1.54, 1.807) is 39.0 Å². The molecule has 0 bridgehead atoms. The Morgan fingerprint density at radius 3 is 2.63 bits per heavy atom. The summed E-state index contributed by atoms with van der Waals surface area (Å²) in [5, 5.41) is 23.3. The van der Waals surface area contributed by atoms with Gasteiger partial charge in [-0.15, -0.1) is 0 Å². The first-order valence-electron chi connectivity index (χ1n) is 8.52. The number of nitriles is 1. The first-order valence-corrected chi connectivity index (χ1v) is 8.52. The molecule has 3 rings (SSSR count). The van der Waals surface area contributed by atoms with Crippen molar-refractivity contribution in [2.75, 3.05) is 5.32 Å². The number of nitrogens with one attached hydrogen (secondary N) is 1. The predicted octanol–water partition coefficient (Wildman–Crippen LogP) is 2.19. The molecule has 2 aromatic rings. The van der Waals surface area contributed by atoms with E-state index in [0.29, 0.717) is 22.6 Å². The van der Waals surface area contributed by atoms with Crippen LogP contribution in [0.25, 0.3) is 0 Å². The van der Waals surface area contributed by atoms with Gasteiger partial charge in [0.25, 0.3) is 5.56 Å². The highest BCUT2D eigenvalue weighted by molar-refractivity contribution is 5.88. The van der Waals surface area contributed by atoms with Gasteiger partial charge < -0.3 is 19.7 Å². The molecular formula is C20H21N3O4. The number of nitrogens with zero attached hydrogens (tertiary/aromatic N) is 2. The Kier molecular flexibility index (Phi) is 4.32. The molecule has 7 heteroatoms. The van der Waals surface area contributed by atoms with Gasteiger partial charge in [-0.2, -0.15) is 5.26 Å². The summed E-state index contributed by atoms with van der Waals surface area (Å²) in [5.74, 6) is 0.221. The lowest BCUT2D eigenvalue weighted by Gasteiger charge is -2.50. The Morgan fingerprint density at radius 2 is 2.00 bits per heavy atom. The van der Waals surface area contributed by atoms with E-state index < -0.39 is 17.2 Å². The average molecular weight is 367 g/mol. The van der Waals surface area contributed by atoms with Crippen LogP contribution in [0.2, 0.25) is 0 Å². The summed E-state index contributed by atoms with van der Waals surface area (Å²) >= 11 is 0. The molecule has 0 saturated heterocycles. The van der Waals surface area contributed by atoms with Crippen molar-refractivity contribution in [1.82, 2.24) is 4.57 Å². The smallest absolute Gasteiger partial charge is 0.251 e. The van der Waals surface area contributed by atoms with E-state index in [1.807, 2.05) is 0 Å². The van der Waals surface area contributed by atoms with Crippen LogP contribution < -0.4 is 15.6 Å². The standard InChI is InChI=1S/C20H21N3O4/c1-12(24)22-14-6-8-17(25)23(11-14)18-15-9-13(10-21)5-7-16(15)27-19(2,3)20(18,4)26/h5-9,11,18,26H,1-4H3,(H,22,24). The van der Waals surface area contributed by atoms with Gasteiger partial charge in [-0.25, -0.2) is 0 Å². The van der Waals surface area contributed by atoms with Crippen molar-refractivity contribution in [2.45, 2.75) is 44.9 Å². The topological polar surface area (TPSA) is 104 Å². The largest absolute Gasteiger partial charge is 0.484 e. The normalized spacial score (nSPS) is 22.9. The highest BCUT2D eigenvalue weighted by atomic mass is 16.5. The number of benzene rings is 1. The van der Waals surface area contributed by atoms with Gasteiger partial charge >= 0.3 is 0 Å². The first-order chi connectivity index (χ1) is 12.6. The van der Waals surface area contributed by atoms with Crippen LogP contribution in [0, 0.1) is 11.3 Å². The lowest BCUT2D eigenvalue weighted by molar-refractivity contribution is -0.139. The third kappa shape index (κ3) is 3.09. The fraction of sp³-hybridized carbons (Fsp3) is 0.350. The predicted molar refractivity (Wildman–Crippen MR) is 99.6 cm³/mol. The number of ether oxygens (including phenoxy) is 1. The summed E-state index contributed by atoms with van der Waals surface area (Å²) in [6, 6.07) is 9.00. The number of aromatic nitrogens is 1. The van der Waals surface area contributed by atoms with Crippen LogP contribution in [-0.2, 0) is 4.79 Å². The molecule has 1 amide bonds. The van der Waals surface area contributed by atoms with E-state index in [-0.39, 0.29) is 11.5 Å². The Bertz CT molecular complexity index is 1010. The maximum absolute atomic E-state index is 12.7. The van der Waals surface area contributed by atoms with Crippen LogP contribution >= 0.6 is 0 Å². The Labute approximate surface area is 156 Å². The molecule has 1 aliphatic rings. The van der Waals surface area contributed by atoms with E-state index in [2.05, 4.69) is 11.4 Å². The maximum Gasteiger partial charge on any atom is 0.251 e. The van der Waals surface area contributed by atoms with Crippen molar-refractivity contribution in [2.24, 2.45) is 0 Å². The van der Waals surface area contributed by atoms with Crippen molar-refractivity contribution in [3.05, 3.63) is 58.0 Å². The maximum atomic E-state index is 12.7. The zero-order valence-corrected chi connectivity index (χ0v) is 15.6. The lowest BCUT2D eigenvalue weighted by atomic mass is 9.75. The van der Waals surface area contributed by atoms with Crippen LogP contribution in [0.1, 0.15) is 44.9 Å². The molecular weight excluding hydrogens is 346 g/mol. The van der Waals surface area contributed by atoms with Gasteiger partial charge in [0.05, 0.1) is 23.4 Å². The van der Waals surface area contributed by atoms with Gasteiger partial charge in [0, 0.05) is 24.8 Å². The minimum atomic E-state index is -1.48. The van der Waals surface area contributed by atoms with Crippen molar-refractivity contribution in [3.8, 4) is 11.8 Å². The van der Waals surface area contributed by atoms with Crippen molar-refractivity contribution < 1.29 is 14.6 Å². The number of rotatable bonds is 2. The number of carbonyl (C=O) groups excluding carboxylic acids is 1. The number of aliphatic hydroxyl groups is 1. The zero-order valence-electron chi connectivity index (χ0n) is 15.6.